The number of hydrogen-bond donors (Lipinski definition) is 1. The van der Waals surface area contributed by atoms with Crippen LogP contribution in [-0.4, -0.2) is 85.3 Å². The minimum atomic E-state index is -3.00. The molecule has 0 bridgehead atoms. The Kier molecular flexibility index (Phi) is 6.89. The minimum Gasteiger partial charge on any atom is -0.488 e. The highest BCUT2D eigenvalue weighted by Gasteiger charge is 2.35. The zero-order valence-corrected chi connectivity index (χ0v) is 20.9. The van der Waals surface area contributed by atoms with Crippen LogP contribution >= 0.6 is 0 Å². The average Bonchev–Trinajstić information content (AvgIpc) is 3.36. The standard InChI is InChI=1S/C24H30N4O7S/c1-33-23-17(15-29)10-18(12-26-23)28-6-7-34-21-13-25-22(11-20(21)28)35-19-2-5-27(14-19)24(30)16-3-8-36(31,32)9-4-16/h10-13,16,19,29H,2-9,14-15H2,1H3/t19-/m0/s1. The Balaban J connectivity index is 1.27. The van der Waals surface area contributed by atoms with Crippen LogP contribution in [0.25, 0.3) is 0 Å². The molecule has 0 saturated carbocycles. The third kappa shape index (κ3) is 5.05. The van der Waals surface area contributed by atoms with E-state index in [2.05, 4.69) is 9.97 Å². The second-order valence-corrected chi connectivity index (χ2v) is 11.6. The summed E-state index contributed by atoms with van der Waals surface area (Å²) in [6, 6.07) is 3.65. The number of carbonyl (C=O) groups is 1. The van der Waals surface area contributed by atoms with E-state index in [0.29, 0.717) is 68.6 Å². The predicted octanol–water partition coefficient (Wildman–Crippen LogP) is 1.31. The monoisotopic (exact) mass is 518 g/mol. The van der Waals surface area contributed by atoms with E-state index in [1.807, 2.05) is 17.0 Å². The van der Waals surface area contributed by atoms with Crippen LogP contribution in [0.4, 0.5) is 11.4 Å². The van der Waals surface area contributed by atoms with Crippen LogP contribution in [-0.2, 0) is 21.2 Å². The van der Waals surface area contributed by atoms with Gasteiger partial charge >= 0.3 is 0 Å². The highest BCUT2D eigenvalue weighted by molar-refractivity contribution is 7.91. The molecular formula is C24H30N4O7S. The molecule has 2 aromatic rings. The summed E-state index contributed by atoms with van der Waals surface area (Å²) in [5.74, 6) is 1.36. The van der Waals surface area contributed by atoms with Crippen LogP contribution in [0, 0.1) is 5.92 Å². The van der Waals surface area contributed by atoms with Crippen molar-refractivity contribution < 1.29 is 32.5 Å². The van der Waals surface area contributed by atoms with E-state index in [1.54, 1.807) is 17.3 Å². The van der Waals surface area contributed by atoms with E-state index in [0.717, 1.165) is 11.4 Å². The first-order valence-electron chi connectivity index (χ1n) is 12.1. The van der Waals surface area contributed by atoms with Gasteiger partial charge in [-0.2, -0.15) is 0 Å². The third-order valence-electron chi connectivity index (χ3n) is 6.92. The van der Waals surface area contributed by atoms with Crippen molar-refractivity contribution >= 4 is 27.1 Å². The largest absolute Gasteiger partial charge is 0.488 e. The fourth-order valence-electron chi connectivity index (χ4n) is 4.96. The number of ether oxygens (including phenoxy) is 3. The number of aliphatic hydroxyl groups excluding tert-OH is 1. The maximum absolute atomic E-state index is 12.9. The summed E-state index contributed by atoms with van der Waals surface area (Å²) in [5.41, 5.74) is 2.14. The van der Waals surface area contributed by atoms with Crippen molar-refractivity contribution in [1.29, 1.82) is 0 Å². The van der Waals surface area contributed by atoms with Crippen LogP contribution in [0.5, 0.6) is 17.5 Å². The Labute approximate surface area is 209 Å². The lowest BCUT2D eigenvalue weighted by atomic mass is 10.0. The highest BCUT2D eigenvalue weighted by Crippen LogP contribution is 2.39. The van der Waals surface area contributed by atoms with Gasteiger partial charge in [0.1, 0.15) is 22.5 Å². The molecule has 36 heavy (non-hydrogen) atoms. The number of hydrogen-bond acceptors (Lipinski definition) is 10. The number of aliphatic hydroxyl groups is 1. The summed E-state index contributed by atoms with van der Waals surface area (Å²) in [4.78, 5) is 25.4. The van der Waals surface area contributed by atoms with Crippen molar-refractivity contribution in [2.24, 2.45) is 5.92 Å². The zero-order chi connectivity index (χ0) is 25.3. The number of pyridine rings is 2. The smallest absolute Gasteiger partial charge is 0.225 e. The van der Waals surface area contributed by atoms with E-state index >= 15 is 0 Å². The van der Waals surface area contributed by atoms with Crippen molar-refractivity contribution in [2.45, 2.75) is 32.0 Å². The number of methoxy groups -OCH3 is 1. The van der Waals surface area contributed by atoms with E-state index < -0.39 is 9.84 Å². The molecule has 5 heterocycles. The Morgan fingerprint density at radius 1 is 1.17 bits per heavy atom. The first kappa shape index (κ1) is 24.6. The predicted molar refractivity (Wildman–Crippen MR) is 130 cm³/mol. The number of anilines is 2. The number of nitrogens with zero attached hydrogens (tertiary/aromatic N) is 4. The van der Waals surface area contributed by atoms with Gasteiger partial charge in [0.2, 0.25) is 17.7 Å². The van der Waals surface area contributed by atoms with Gasteiger partial charge in [0, 0.05) is 30.5 Å². The SMILES string of the molecule is COc1ncc(N2CCOc3cnc(O[C@H]4CCN(C(=O)C5CCS(=O)(=O)CC5)C4)cc32)cc1CO. The lowest BCUT2D eigenvalue weighted by molar-refractivity contribution is -0.135. The molecule has 2 fully saturated rings. The lowest BCUT2D eigenvalue weighted by Gasteiger charge is -2.31. The van der Waals surface area contributed by atoms with E-state index in [9.17, 15) is 18.3 Å². The lowest BCUT2D eigenvalue weighted by Crippen LogP contribution is -2.39. The quantitative estimate of drug-likeness (QED) is 0.597. The molecular weight excluding hydrogens is 488 g/mol. The molecule has 5 rings (SSSR count). The van der Waals surface area contributed by atoms with Crippen LogP contribution in [0.3, 0.4) is 0 Å². The van der Waals surface area contributed by atoms with Gasteiger partial charge in [-0.3, -0.25) is 4.79 Å². The summed E-state index contributed by atoms with van der Waals surface area (Å²) >= 11 is 0. The fraction of sp³-hybridized carbons (Fsp3) is 0.542. The van der Waals surface area contributed by atoms with Crippen molar-refractivity contribution in [3.8, 4) is 17.5 Å². The average molecular weight is 519 g/mol. The molecule has 3 aliphatic rings. The summed E-state index contributed by atoms with van der Waals surface area (Å²) in [5, 5.41) is 9.69. The summed E-state index contributed by atoms with van der Waals surface area (Å²) in [6.07, 6.45) is 4.57. The van der Waals surface area contributed by atoms with E-state index in [1.165, 1.54) is 7.11 Å². The van der Waals surface area contributed by atoms with Crippen LogP contribution < -0.4 is 19.1 Å². The first-order chi connectivity index (χ1) is 17.4. The summed E-state index contributed by atoms with van der Waals surface area (Å²) < 4.78 is 40.5. The fourth-order valence-corrected chi connectivity index (χ4v) is 6.45. The molecule has 1 N–H and O–H groups in total. The highest BCUT2D eigenvalue weighted by atomic mass is 32.2. The zero-order valence-electron chi connectivity index (χ0n) is 20.1. The molecule has 11 nitrogen and oxygen atoms in total. The molecule has 0 unspecified atom stereocenters. The Bertz CT molecular complexity index is 1220. The molecule has 12 heteroatoms. The summed E-state index contributed by atoms with van der Waals surface area (Å²) in [7, 11) is -1.49. The molecule has 0 aromatic carbocycles. The minimum absolute atomic E-state index is 0.0145. The second kappa shape index (κ2) is 10.1. The van der Waals surface area contributed by atoms with Crippen molar-refractivity contribution in [2.75, 3.05) is 49.8 Å². The van der Waals surface area contributed by atoms with Gasteiger partial charge in [-0.05, 0) is 18.9 Å². The van der Waals surface area contributed by atoms with E-state index in [4.69, 9.17) is 14.2 Å². The number of sulfone groups is 1. The number of carbonyl (C=O) groups excluding carboxylic acids is 1. The molecule has 194 valence electrons. The van der Waals surface area contributed by atoms with Crippen LogP contribution in [0.15, 0.2) is 24.5 Å². The number of rotatable bonds is 6. The Morgan fingerprint density at radius 2 is 1.97 bits per heavy atom. The van der Waals surface area contributed by atoms with Gasteiger partial charge in [-0.1, -0.05) is 0 Å². The molecule has 3 aliphatic heterocycles. The molecule has 0 radical (unpaired) electrons. The molecule has 2 aromatic heterocycles. The maximum Gasteiger partial charge on any atom is 0.225 e. The second-order valence-electron chi connectivity index (χ2n) is 9.25. The van der Waals surface area contributed by atoms with Crippen molar-refractivity contribution in [1.82, 2.24) is 14.9 Å². The van der Waals surface area contributed by atoms with Crippen molar-refractivity contribution in [3.05, 3.63) is 30.1 Å². The topological polar surface area (TPSA) is 131 Å². The number of amides is 1. The molecule has 2 saturated heterocycles. The van der Waals surface area contributed by atoms with Gasteiger partial charge in [0.15, 0.2) is 5.75 Å². The van der Waals surface area contributed by atoms with Crippen LogP contribution in [0.2, 0.25) is 0 Å². The van der Waals surface area contributed by atoms with Gasteiger partial charge in [0.25, 0.3) is 0 Å². The van der Waals surface area contributed by atoms with Gasteiger partial charge in [-0.15, -0.1) is 0 Å². The number of fused-ring (bicyclic) bond motifs is 1. The molecule has 1 amide bonds. The summed E-state index contributed by atoms with van der Waals surface area (Å²) in [6.45, 7) is 1.88. The normalized spacial score (nSPS) is 21.6. The number of likely N-dealkylation sites (tertiary alicyclic amines) is 1. The van der Waals surface area contributed by atoms with Crippen molar-refractivity contribution in [3.63, 3.8) is 0 Å². The third-order valence-corrected chi connectivity index (χ3v) is 8.63. The first-order valence-corrected chi connectivity index (χ1v) is 13.9. The van der Waals surface area contributed by atoms with Crippen LogP contribution in [0.1, 0.15) is 24.8 Å². The Hall–Kier alpha value is -3.12. The van der Waals surface area contributed by atoms with Gasteiger partial charge in [-0.25, -0.2) is 18.4 Å². The molecule has 1 atom stereocenters. The van der Waals surface area contributed by atoms with E-state index in [-0.39, 0.29) is 36.0 Å². The maximum atomic E-state index is 12.9. The number of aromatic nitrogens is 2. The van der Waals surface area contributed by atoms with Gasteiger partial charge < -0.3 is 29.1 Å². The van der Waals surface area contributed by atoms with Gasteiger partial charge in [0.05, 0.1) is 62.1 Å². The molecule has 0 aliphatic carbocycles. The molecule has 0 spiro atoms. The Morgan fingerprint density at radius 3 is 2.72 bits per heavy atom.